The van der Waals surface area contributed by atoms with E-state index in [1.54, 1.807) is 0 Å². The Hall–Kier alpha value is -4.04. The number of aliphatic hydroxyl groups excluding tert-OH is 4. The summed E-state index contributed by atoms with van der Waals surface area (Å²) in [5.41, 5.74) is 12.5. The largest absolute Gasteiger partial charge is 0.393 e. The Balaban J connectivity index is 1.30. The third kappa shape index (κ3) is 10.9. The van der Waals surface area contributed by atoms with E-state index in [1.807, 2.05) is 68.5 Å². The van der Waals surface area contributed by atoms with Gasteiger partial charge in [0.05, 0.1) is 30.0 Å². The molecule has 11 heteroatoms. The van der Waals surface area contributed by atoms with Gasteiger partial charge in [0.25, 0.3) is 0 Å². The summed E-state index contributed by atoms with van der Waals surface area (Å²) in [6.07, 6.45) is 10.5. The lowest BCUT2D eigenvalue weighted by atomic mass is 9.52. The lowest BCUT2D eigenvalue weighted by Gasteiger charge is -2.56. The number of aliphatic hydroxyl groups is 5. The van der Waals surface area contributed by atoms with Gasteiger partial charge in [-0.3, -0.25) is 14.9 Å². The fourth-order valence-electron chi connectivity index (χ4n) is 12.7. The summed E-state index contributed by atoms with van der Waals surface area (Å²) < 4.78 is 0. The standard InChI is InChI=1S/C56H78N4O7/c1-7-58-46(25-20-33(2)3)34(4)12-8-17-43-47(63)19-11-16-39-31-56(52(65)50(39)43)45-24-23-40(61)29-37-14-9-13-36(28-37)21-22-41(62)32-59-51-49-38(15-10-18-44(49)53(57)60-54(51)66)30-48(64)35(5)42(45)26-27-55(56,6)67/h8-10,12-15,17-18,20,28,39-41,45-47,50-53,58-59,61-63,65,67H,4,7,11,16,19,21-27,29-32,57H2,1-3,5-6H3,(H,60,66)/b12-8+,42-35+,43-17-/t39-,40-,41+,45+,46-,47+,50+,51-,52+,53-,55+,56+/m0/s1. The fraction of sp³-hybridized carbons (Fsp3) is 0.571. The van der Waals surface area contributed by atoms with Gasteiger partial charge in [0.1, 0.15) is 12.2 Å². The Morgan fingerprint density at radius 3 is 2.52 bits per heavy atom. The SMILES string of the molecule is C=C(/C=C/C=C1\[C@H]2[C@@H](CCC[C@H]1O)C[C@@]1([C@@H]3CC[C@H](O)Cc4cccc(c4)CC[C@@H](O)CN[C@@H]4C(=O)N[C@H](N)c5cccc(c54)CC(=O)/C(C)=C/3CC[C@@]1(C)O)[C@@H]2O)[C@H](CC=C(C)C)NCC. The van der Waals surface area contributed by atoms with Gasteiger partial charge in [0.15, 0.2) is 5.78 Å². The summed E-state index contributed by atoms with van der Waals surface area (Å²) in [4.78, 5) is 28.5. The number of β-amino-alcohol motifs (C(OH)–C–C–N with tert-alkyl or cyclic N) is 1. The van der Waals surface area contributed by atoms with Crippen LogP contribution < -0.4 is 21.7 Å². The molecule has 2 aliphatic heterocycles. The predicted octanol–water partition coefficient (Wildman–Crippen LogP) is 6.59. The van der Waals surface area contributed by atoms with E-state index in [1.165, 1.54) is 5.57 Å². The molecule has 3 fully saturated rings. The number of hydrogen-bond acceptors (Lipinski definition) is 10. The number of Topliss-reactive ketones (excluding diaryl/α,β-unsaturated/α-hetero) is 1. The molecule has 364 valence electrons. The minimum atomic E-state index is -1.33. The van der Waals surface area contributed by atoms with Crippen LogP contribution in [-0.2, 0) is 28.9 Å². The topological polar surface area (TPSA) is 197 Å². The molecule has 0 saturated heterocycles. The summed E-state index contributed by atoms with van der Waals surface area (Å²) in [6.45, 7) is 15.3. The highest BCUT2D eigenvalue weighted by molar-refractivity contribution is 5.98. The molecule has 0 unspecified atom stereocenters. The molecule has 7 rings (SSSR count). The van der Waals surface area contributed by atoms with E-state index in [2.05, 4.69) is 55.4 Å². The minimum absolute atomic E-state index is 0.000102. The van der Waals surface area contributed by atoms with Crippen molar-refractivity contribution in [2.45, 2.75) is 166 Å². The second kappa shape index (κ2) is 21.7. The predicted molar refractivity (Wildman–Crippen MR) is 265 cm³/mol. The molecule has 3 aliphatic carbocycles. The van der Waals surface area contributed by atoms with Crippen LogP contribution in [-0.4, -0.2) is 86.4 Å². The molecule has 0 radical (unpaired) electrons. The van der Waals surface area contributed by atoms with Crippen LogP contribution in [0.25, 0.3) is 0 Å². The Morgan fingerprint density at radius 1 is 1.00 bits per heavy atom. The second-order valence-electron chi connectivity index (χ2n) is 20.9. The van der Waals surface area contributed by atoms with Crippen LogP contribution in [0.3, 0.4) is 0 Å². The summed E-state index contributed by atoms with van der Waals surface area (Å²) in [5.74, 6) is -1.38. The van der Waals surface area contributed by atoms with Crippen LogP contribution in [0.1, 0.15) is 139 Å². The molecule has 10 N–H and O–H groups in total. The highest BCUT2D eigenvalue weighted by Gasteiger charge is 2.67. The fourth-order valence-corrected chi connectivity index (χ4v) is 12.7. The number of carbonyl (C=O) groups excluding carboxylic acids is 2. The monoisotopic (exact) mass is 919 g/mol. The Bertz CT molecular complexity index is 2260. The van der Waals surface area contributed by atoms with Crippen molar-refractivity contribution in [1.82, 2.24) is 16.0 Å². The highest BCUT2D eigenvalue weighted by atomic mass is 16.3. The van der Waals surface area contributed by atoms with E-state index in [4.69, 9.17) is 5.73 Å². The van der Waals surface area contributed by atoms with Crippen LogP contribution in [0, 0.1) is 23.2 Å². The van der Waals surface area contributed by atoms with Crippen LogP contribution >= 0.6 is 0 Å². The number of likely N-dealkylation sites (N-methyl/N-ethyl adjacent to an activating group) is 1. The molecular formula is C56H78N4O7. The van der Waals surface area contributed by atoms with Crippen molar-refractivity contribution in [3.05, 3.63) is 129 Å². The third-order valence-electron chi connectivity index (χ3n) is 16.2. The lowest BCUT2D eigenvalue weighted by Crippen LogP contribution is -2.59. The van der Waals surface area contributed by atoms with Crippen LogP contribution in [0.4, 0.5) is 0 Å². The number of rotatable bonds is 7. The first kappa shape index (κ1) is 50.8. The van der Waals surface area contributed by atoms with Crippen LogP contribution in [0.5, 0.6) is 0 Å². The maximum Gasteiger partial charge on any atom is 0.243 e. The maximum absolute atomic E-state index is 14.9. The van der Waals surface area contributed by atoms with Crippen molar-refractivity contribution in [2.24, 2.45) is 28.9 Å². The van der Waals surface area contributed by atoms with E-state index in [-0.39, 0.29) is 36.6 Å². The number of carbonyl (C=O) groups is 2. The number of ketones is 1. The zero-order chi connectivity index (χ0) is 48.2. The number of allylic oxidation sites excluding steroid dienone is 5. The number of aryl methyl sites for hydroxylation is 1. The maximum atomic E-state index is 14.9. The van der Waals surface area contributed by atoms with Crippen molar-refractivity contribution in [2.75, 3.05) is 13.1 Å². The van der Waals surface area contributed by atoms with Crippen LogP contribution in [0.15, 0.2) is 101 Å². The van der Waals surface area contributed by atoms with Gasteiger partial charge in [0.2, 0.25) is 5.91 Å². The Kier molecular flexibility index (Phi) is 16.5. The van der Waals surface area contributed by atoms with Crippen molar-refractivity contribution >= 4 is 11.7 Å². The Labute approximate surface area is 398 Å². The summed E-state index contributed by atoms with van der Waals surface area (Å²) in [5, 5.41) is 70.6. The number of nitrogens with two attached hydrogens (primary N) is 1. The molecule has 2 heterocycles. The molecule has 11 nitrogen and oxygen atoms in total. The van der Waals surface area contributed by atoms with E-state index < -0.39 is 59.5 Å². The van der Waals surface area contributed by atoms with Crippen LogP contribution in [0.2, 0.25) is 0 Å². The molecule has 67 heavy (non-hydrogen) atoms. The number of fused-ring (bicyclic) bond motifs is 5. The van der Waals surface area contributed by atoms with Gasteiger partial charge in [-0.2, -0.15) is 0 Å². The van der Waals surface area contributed by atoms with Crippen molar-refractivity contribution in [1.29, 1.82) is 0 Å². The number of nitrogens with one attached hydrogen (secondary N) is 3. The zero-order valence-electron chi connectivity index (χ0n) is 40.6. The van der Waals surface area contributed by atoms with E-state index >= 15 is 0 Å². The third-order valence-corrected chi connectivity index (χ3v) is 16.2. The molecule has 0 aromatic heterocycles. The van der Waals surface area contributed by atoms with Gasteiger partial charge in [-0.15, -0.1) is 0 Å². The molecule has 5 aliphatic rings. The number of amides is 1. The molecule has 1 amide bonds. The van der Waals surface area contributed by atoms with Gasteiger partial charge in [-0.25, -0.2) is 0 Å². The highest BCUT2D eigenvalue weighted by Crippen LogP contribution is 2.66. The lowest BCUT2D eigenvalue weighted by molar-refractivity contribution is -0.169. The van der Waals surface area contributed by atoms with Gasteiger partial charge in [-0.05, 0) is 161 Å². The molecule has 1 spiro atoms. The van der Waals surface area contributed by atoms with E-state index in [9.17, 15) is 35.1 Å². The average Bonchev–Trinajstić information content (AvgIpc) is 3.47. The molecule has 12 atom stereocenters. The van der Waals surface area contributed by atoms with Gasteiger partial charge in [-0.1, -0.05) is 97.8 Å². The molecule has 3 saturated carbocycles. The second-order valence-corrected chi connectivity index (χ2v) is 20.9. The van der Waals surface area contributed by atoms with Gasteiger partial charge in [0, 0.05) is 30.3 Å². The summed E-state index contributed by atoms with van der Waals surface area (Å²) >= 11 is 0. The van der Waals surface area contributed by atoms with Gasteiger partial charge < -0.3 is 41.9 Å². The molecule has 2 bridgehead atoms. The van der Waals surface area contributed by atoms with E-state index in [0.717, 1.165) is 53.7 Å². The average molecular weight is 919 g/mol. The summed E-state index contributed by atoms with van der Waals surface area (Å²) in [6, 6.07) is 12.9. The quantitative estimate of drug-likeness (QED) is 0.108. The normalized spacial score (nSPS) is 35.3. The number of hydrogen-bond donors (Lipinski definition) is 9. The first-order valence-electron chi connectivity index (χ1n) is 25.1. The first-order chi connectivity index (χ1) is 31.9. The Morgan fingerprint density at radius 2 is 1.76 bits per heavy atom. The van der Waals surface area contributed by atoms with Crippen molar-refractivity contribution in [3.63, 3.8) is 0 Å². The first-order valence-corrected chi connectivity index (χ1v) is 25.1. The van der Waals surface area contributed by atoms with Crippen molar-refractivity contribution in [3.8, 4) is 0 Å². The van der Waals surface area contributed by atoms with Crippen molar-refractivity contribution < 1.29 is 35.1 Å². The number of benzene rings is 2. The van der Waals surface area contributed by atoms with Gasteiger partial charge >= 0.3 is 0 Å². The smallest absolute Gasteiger partial charge is 0.243 e. The van der Waals surface area contributed by atoms with E-state index in [0.29, 0.717) is 80.1 Å². The molecular weight excluding hydrogens is 841 g/mol. The summed E-state index contributed by atoms with van der Waals surface area (Å²) in [7, 11) is 0. The zero-order valence-corrected chi connectivity index (χ0v) is 40.6. The minimum Gasteiger partial charge on any atom is -0.393 e. The molecule has 2 aromatic carbocycles. The molecule has 2 aromatic rings.